The minimum absolute atomic E-state index is 0.158. The second-order valence-corrected chi connectivity index (χ2v) is 10.5. The molecular weight excluding hydrogens is 568 g/mol. The van der Waals surface area contributed by atoms with Crippen molar-refractivity contribution in [2.24, 2.45) is 0 Å². The van der Waals surface area contributed by atoms with Crippen molar-refractivity contribution in [1.29, 1.82) is 5.26 Å². The molecule has 40 heavy (non-hydrogen) atoms. The van der Waals surface area contributed by atoms with Crippen molar-refractivity contribution in [3.8, 4) is 28.7 Å². The van der Waals surface area contributed by atoms with Gasteiger partial charge in [-0.2, -0.15) is 15.5 Å². The number of ether oxygens (including phenoxy) is 1. The maximum absolute atomic E-state index is 9.32. The summed E-state index contributed by atoms with van der Waals surface area (Å²) >= 11 is 3.50. The van der Waals surface area contributed by atoms with Crippen LogP contribution in [0.15, 0.2) is 90.2 Å². The van der Waals surface area contributed by atoms with Crippen LogP contribution in [-0.4, -0.2) is 34.1 Å². The van der Waals surface area contributed by atoms with Crippen LogP contribution in [0, 0.1) is 11.3 Å². The van der Waals surface area contributed by atoms with Gasteiger partial charge >= 0.3 is 0 Å². The van der Waals surface area contributed by atoms with Crippen molar-refractivity contribution >= 4 is 27.0 Å². The molecule has 0 bridgehead atoms. The van der Waals surface area contributed by atoms with Crippen molar-refractivity contribution in [2.45, 2.75) is 33.1 Å². The summed E-state index contributed by atoms with van der Waals surface area (Å²) in [6, 6.07) is 19.8. The first-order valence-corrected chi connectivity index (χ1v) is 13.6. The molecule has 0 aliphatic heterocycles. The number of pyridine rings is 1. The zero-order chi connectivity index (χ0) is 27.6. The van der Waals surface area contributed by atoms with E-state index in [1.165, 1.54) is 0 Å². The Labute approximate surface area is 239 Å². The van der Waals surface area contributed by atoms with Crippen molar-refractivity contribution in [2.75, 3.05) is 0 Å². The molecule has 0 saturated heterocycles. The molecule has 0 fully saturated rings. The minimum atomic E-state index is 0.158. The summed E-state index contributed by atoms with van der Waals surface area (Å²) in [4.78, 5) is 9.36. The Morgan fingerprint density at radius 3 is 2.67 bits per heavy atom. The largest absolute Gasteiger partial charge is 0.355 e. The van der Waals surface area contributed by atoms with Gasteiger partial charge in [0, 0.05) is 28.6 Å². The fourth-order valence-corrected chi connectivity index (χ4v) is 5.03. The second-order valence-electron chi connectivity index (χ2n) is 9.65. The predicted octanol–water partition coefficient (Wildman–Crippen LogP) is 6.40. The summed E-state index contributed by atoms with van der Waals surface area (Å²) in [5.41, 5.74) is 6.80. The lowest BCUT2D eigenvalue weighted by molar-refractivity contribution is 0.0561. The normalized spacial score (nSPS) is 11.4. The number of benzene rings is 2. The molecule has 0 aliphatic rings. The molecule has 198 valence electrons. The molecule has 0 atom stereocenters. The number of hydrogen-bond acceptors (Lipinski definition) is 6. The van der Waals surface area contributed by atoms with Gasteiger partial charge < -0.3 is 9.30 Å². The van der Waals surface area contributed by atoms with Gasteiger partial charge in [-0.25, -0.2) is 19.3 Å². The molecule has 0 amide bonds. The number of halogens is 1. The molecule has 0 unspecified atom stereocenters. The Morgan fingerprint density at radius 1 is 1.05 bits per heavy atom. The molecule has 4 heterocycles. The fraction of sp³-hybridized carbons (Fsp3) is 0.167. The van der Waals surface area contributed by atoms with Gasteiger partial charge in [0.15, 0.2) is 5.65 Å². The van der Waals surface area contributed by atoms with Crippen LogP contribution >= 0.6 is 15.9 Å². The fourth-order valence-electron chi connectivity index (χ4n) is 4.58. The van der Waals surface area contributed by atoms with Gasteiger partial charge in [0.1, 0.15) is 12.8 Å². The highest BCUT2D eigenvalue weighted by molar-refractivity contribution is 9.10. The van der Waals surface area contributed by atoms with Crippen LogP contribution in [0.1, 0.15) is 36.6 Å². The number of imidazole rings is 1. The third-order valence-corrected chi connectivity index (χ3v) is 7.22. The molecular formula is C30H25BrN8O. The monoisotopic (exact) mass is 592 g/mol. The van der Waals surface area contributed by atoms with Crippen LogP contribution in [0.2, 0.25) is 0 Å². The van der Waals surface area contributed by atoms with Gasteiger partial charge in [0.25, 0.3) is 0 Å². The Kier molecular flexibility index (Phi) is 6.99. The van der Waals surface area contributed by atoms with Crippen LogP contribution in [0.3, 0.4) is 0 Å². The third-order valence-electron chi connectivity index (χ3n) is 6.56. The van der Waals surface area contributed by atoms with Gasteiger partial charge in [0.05, 0.1) is 52.8 Å². The standard InChI is InChI=1S/C30H25BrN8O/c1-20(2)29-28-27(10-11-33-30(28)39(36-29)24-9-8-22(13-32)25(31)12-24)37-16-26(34-18-37)23-14-35-38(15-23)19-40-17-21-6-4-3-5-7-21/h3-12,14-16,18,20H,17,19H2,1-2H3. The van der Waals surface area contributed by atoms with E-state index < -0.39 is 0 Å². The van der Waals surface area contributed by atoms with Crippen LogP contribution in [0.4, 0.5) is 0 Å². The molecule has 0 N–H and O–H groups in total. The molecule has 4 aromatic heterocycles. The zero-order valence-corrected chi connectivity index (χ0v) is 23.5. The molecule has 0 spiro atoms. The maximum Gasteiger partial charge on any atom is 0.165 e. The number of aromatic nitrogens is 7. The summed E-state index contributed by atoms with van der Waals surface area (Å²) in [5.74, 6) is 0.158. The van der Waals surface area contributed by atoms with Crippen molar-refractivity contribution in [3.63, 3.8) is 0 Å². The van der Waals surface area contributed by atoms with Crippen molar-refractivity contribution in [1.82, 2.24) is 34.1 Å². The van der Waals surface area contributed by atoms with E-state index in [1.54, 1.807) is 29.5 Å². The van der Waals surface area contributed by atoms with E-state index in [4.69, 9.17) is 14.8 Å². The van der Waals surface area contributed by atoms with Crippen LogP contribution < -0.4 is 0 Å². The number of hydrogen-bond donors (Lipinski definition) is 0. The molecule has 10 heteroatoms. The molecule has 0 aliphatic carbocycles. The number of nitriles is 1. The van der Waals surface area contributed by atoms with E-state index in [1.807, 2.05) is 70.2 Å². The van der Waals surface area contributed by atoms with E-state index >= 15 is 0 Å². The van der Waals surface area contributed by atoms with Gasteiger partial charge in [-0.05, 0) is 51.7 Å². The maximum atomic E-state index is 9.32. The van der Waals surface area contributed by atoms with E-state index in [0.29, 0.717) is 23.4 Å². The summed E-state index contributed by atoms with van der Waals surface area (Å²) in [6.45, 7) is 5.10. The SMILES string of the molecule is CC(C)c1nn(-c2ccc(C#N)c(Br)c2)c2nccc(-n3cnc(-c4cnn(COCc5ccccc5)c4)c3)c12. The highest BCUT2D eigenvalue weighted by Crippen LogP contribution is 2.32. The topological polar surface area (TPSA) is 99.4 Å². The smallest absolute Gasteiger partial charge is 0.165 e. The molecule has 6 rings (SSSR count). The summed E-state index contributed by atoms with van der Waals surface area (Å²) in [7, 11) is 0. The highest BCUT2D eigenvalue weighted by Gasteiger charge is 2.20. The Morgan fingerprint density at radius 2 is 1.90 bits per heavy atom. The number of rotatable bonds is 8. The highest BCUT2D eigenvalue weighted by atomic mass is 79.9. The summed E-state index contributed by atoms with van der Waals surface area (Å²) in [5, 5.41) is 19.7. The average molecular weight is 593 g/mol. The Balaban J connectivity index is 1.30. The molecule has 0 saturated carbocycles. The molecule has 9 nitrogen and oxygen atoms in total. The van der Waals surface area contributed by atoms with E-state index in [0.717, 1.165) is 44.9 Å². The first kappa shape index (κ1) is 25.7. The summed E-state index contributed by atoms with van der Waals surface area (Å²) in [6.07, 6.45) is 9.29. The van der Waals surface area contributed by atoms with E-state index in [9.17, 15) is 5.26 Å². The summed E-state index contributed by atoms with van der Waals surface area (Å²) < 4.78 is 12.1. The van der Waals surface area contributed by atoms with Gasteiger partial charge in [-0.1, -0.05) is 44.2 Å². The minimum Gasteiger partial charge on any atom is -0.355 e. The molecule has 6 aromatic rings. The second kappa shape index (κ2) is 10.9. The Hall–Kier alpha value is -4.59. The lowest BCUT2D eigenvalue weighted by Gasteiger charge is -2.07. The lowest BCUT2D eigenvalue weighted by atomic mass is 10.1. The molecule has 0 radical (unpaired) electrons. The van der Waals surface area contributed by atoms with Crippen molar-refractivity contribution < 1.29 is 4.74 Å². The zero-order valence-electron chi connectivity index (χ0n) is 21.9. The predicted molar refractivity (Wildman–Crippen MR) is 155 cm³/mol. The quantitative estimate of drug-likeness (QED) is 0.203. The number of fused-ring (bicyclic) bond motifs is 1. The third kappa shape index (κ3) is 4.93. The lowest BCUT2D eigenvalue weighted by Crippen LogP contribution is -2.02. The number of nitrogens with zero attached hydrogens (tertiary/aromatic N) is 8. The first-order chi connectivity index (χ1) is 19.5. The van der Waals surface area contributed by atoms with Crippen LogP contribution in [-0.2, 0) is 18.1 Å². The first-order valence-electron chi connectivity index (χ1n) is 12.8. The van der Waals surface area contributed by atoms with Crippen LogP contribution in [0.25, 0.3) is 33.7 Å². The van der Waals surface area contributed by atoms with E-state index in [2.05, 4.69) is 45.9 Å². The average Bonchev–Trinajstić information content (AvgIpc) is 3.72. The Bertz CT molecular complexity index is 1840. The van der Waals surface area contributed by atoms with Gasteiger partial charge in [-0.15, -0.1) is 0 Å². The van der Waals surface area contributed by atoms with Crippen LogP contribution in [0.5, 0.6) is 0 Å². The molecule has 2 aromatic carbocycles. The van der Waals surface area contributed by atoms with Gasteiger partial charge in [0.2, 0.25) is 0 Å². The van der Waals surface area contributed by atoms with E-state index in [-0.39, 0.29) is 5.92 Å². The van der Waals surface area contributed by atoms with Crippen molar-refractivity contribution in [3.05, 3.63) is 107 Å². The van der Waals surface area contributed by atoms with Gasteiger partial charge in [-0.3, -0.25) is 0 Å².